The third kappa shape index (κ3) is 3.48. The Bertz CT molecular complexity index is 1390. The maximum absolute atomic E-state index is 12.8. The second-order valence-corrected chi connectivity index (χ2v) is 8.41. The predicted octanol–water partition coefficient (Wildman–Crippen LogP) is 3.66. The van der Waals surface area contributed by atoms with E-state index < -0.39 is 5.92 Å². The van der Waals surface area contributed by atoms with Crippen LogP contribution in [0.2, 0.25) is 5.02 Å². The SMILES string of the molecule is O=C1Nc2cncnc2C1c1cc(-c2ncnc3cc(N4CCOCC4)ccc23)ccc1Cl. The first kappa shape index (κ1) is 20.0. The van der Waals surface area contributed by atoms with Gasteiger partial charge < -0.3 is 15.0 Å². The molecule has 8 nitrogen and oxygen atoms in total. The van der Waals surface area contributed by atoms with Crippen molar-refractivity contribution in [2.24, 2.45) is 0 Å². The fourth-order valence-corrected chi connectivity index (χ4v) is 4.72. The van der Waals surface area contributed by atoms with E-state index in [4.69, 9.17) is 16.3 Å². The number of hydrogen-bond acceptors (Lipinski definition) is 7. The molecule has 1 N–H and O–H groups in total. The molecule has 1 saturated heterocycles. The molecule has 6 rings (SSSR count). The number of amides is 1. The van der Waals surface area contributed by atoms with Gasteiger partial charge in [0.05, 0.1) is 42.0 Å². The number of carbonyl (C=O) groups excluding carboxylic acids is 1. The molecule has 1 fully saturated rings. The van der Waals surface area contributed by atoms with E-state index in [0.717, 1.165) is 54.2 Å². The molecule has 1 atom stereocenters. The van der Waals surface area contributed by atoms with Gasteiger partial charge in [-0.1, -0.05) is 17.7 Å². The molecule has 2 aromatic carbocycles. The Morgan fingerprint density at radius 1 is 1.03 bits per heavy atom. The van der Waals surface area contributed by atoms with Crippen LogP contribution in [0.5, 0.6) is 0 Å². The summed E-state index contributed by atoms with van der Waals surface area (Å²) in [5, 5.41) is 4.27. The van der Waals surface area contributed by atoms with Crippen LogP contribution in [0.4, 0.5) is 11.4 Å². The molecule has 1 unspecified atom stereocenters. The number of nitrogens with one attached hydrogen (secondary N) is 1. The summed E-state index contributed by atoms with van der Waals surface area (Å²) in [4.78, 5) is 32.4. The minimum absolute atomic E-state index is 0.174. The topological polar surface area (TPSA) is 93.1 Å². The minimum Gasteiger partial charge on any atom is -0.378 e. The lowest BCUT2D eigenvalue weighted by Crippen LogP contribution is -2.36. The van der Waals surface area contributed by atoms with Gasteiger partial charge in [0.1, 0.15) is 18.6 Å². The van der Waals surface area contributed by atoms with Crippen LogP contribution in [-0.2, 0) is 9.53 Å². The van der Waals surface area contributed by atoms with Crippen molar-refractivity contribution in [2.75, 3.05) is 36.5 Å². The fraction of sp³-hybridized carbons (Fsp3) is 0.208. The van der Waals surface area contributed by atoms with E-state index in [-0.39, 0.29) is 5.91 Å². The zero-order valence-electron chi connectivity index (χ0n) is 17.5. The first-order chi connectivity index (χ1) is 16.2. The highest BCUT2D eigenvalue weighted by molar-refractivity contribution is 6.32. The molecule has 164 valence electrons. The predicted molar refractivity (Wildman–Crippen MR) is 126 cm³/mol. The molecule has 0 saturated carbocycles. The molecule has 2 aliphatic rings. The van der Waals surface area contributed by atoms with E-state index in [1.807, 2.05) is 12.1 Å². The van der Waals surface area contributed by atoms with Crippen LogP contribution in [-0.4, -0.2) is 52.1 Å². The number of halogens is 1. The number of carbonyl (C=O) groups is 1. The number of morpholine rings is 1. The summed E-state index contributed by atoms with van der Waals surface area (Å²) in [5.74, 6) is -0.774. The highest BCUT2D eigenvalue weighted by Gasteiger charge is 2.35. The molecule has 1 amide bonds. The fourth-order valence-electron chi connectivity index (χ4n) is 4.49. The number of benzene rings is 2. The van der Waals surface area contributed by atoms with Crippen molar-refractivity contribution in [1.82, 2.24) is 19.9 Å². The number of nitrogens with zero attached hydrogens (tertiary/aromatic N) is 5. The third-order valence-electron chi connectivity index (χ3n) is 6.11. The van der Waals surface area contributed by atoms with Crippen molar-refractivity contribution in [1.29, 1.82) is 0 Å². The number of anilines is 2. The lowest BCUT2D eigenvalue weighted by molar-refractivity contribution is -0.116. The van der Waals surface area contributed by atoms with E-state index in [1.165, 1.54) is 6.33 Å². The van der Waals surface area contributed by atoms with E-state index >= 15 is 0 Å². The van der Waals surface area contributed by atoms with Crippen molar-refractivity contribution in [2.45, 2.75) is 5.92 Å². The lowest BCUT2D eigenvalue weighted by Gasteiger charge is -2.29. The average molecular weight is 459 g/mol. The van der Waals surface area contributed by atoms with Crippen LogP contribution in [0.15, 0.2) is 55.2 Å². The minimum atomic E-state index is -0.600. The highest BCUT2D eigenvalue weighted by atomic mass is 35.5. The van der Waals surface area contributed by atoms with Crippen LogP contribution in [0, 0.1) is 0 Å². The molecule has 4 aromatic rings. The van der Waals surface area contributed by atoms with Gasteiger partial charge in [0.15, 0.2) is 0 Å². The van der Waals surface area contributed by atoms with E-state index in [2.05, 4.69) is 48.4 Å². The molecular formula is C24H19ClN6O2. The number of ether oxygens (including phenoxy) is 1. The monoisotopic (exact) mass is 458 g/mol. The Kier molecular flexibility index (Phi) is 4.89. The highest BCUT2D eigenvalue weighted by Crippen LogP contribution is 2.40. The Morgan fingerprint density at radius 2 is 1.91 bits per heavy atom. The molecule has 0 aliphatic carbocycles. The number of fused-ring (bicyclic) bond motifs is 2. The van der Waals surface area contributed by atoms with Crippen LogP contribution in [0.25, 0.3) is 22.2 Å². The van der Waals surface area contributed by atoms with E-state index in [1.54, 1.807) is 18.6 Å². The van der Waals surface area contributed by atoms with Gasteiger partial charge in [0.25, 0.3) is 0 Å². The van der Waals surface area contributed by atoms with Gasteiger partial charge in [0.2, 0.25) is 5.91 Å². The third-order valence-corrected chi connectivity index (χ3v) is 6.46. The number of hydrogen-bond donors (Lipinski definition) is 1. The molecule has 9 heteroatoms. The second-order valence-electron chi connectivity index (χ2n) is 8.00. The normalized spacial score (nSPS) is 17.8. The molecule has 0 radical (unpaired) electrons. The van der Waals surface area contributed by atoms with Crippen molar-refractivity contribution in [3.63, 3.8) is 0 Å². The van der Waals surface area contributed by atoms with Crippen LogP contribution in [0.3, 0.4) is 0 Å². The first-order valence-electron chi connectivity index (χ1n) is 10.7. The van der Waals surface area contributed by atoms with Crippen molar-refractivity contribution in [3.05, 3.63) is 71.5 Å². The van der Waals surface area contributed by atoms with E-state index in [9.17, 15) is 4.79 Å². The standard InChI is InChI=1S/C24H19ClN6O2/c25-18-4-1-14(9-17(18)21-23-20(30-24(21)32)11-26-12-28-23)22-16-3-2-15(10-19(16)27-13-29-22)31-5-7-33-8-6-31/h1-4,9-13,21H,5-8H2,(H,30,32). The summed E-state index contributed by atoms with van der Waals surface area (Å²) < 4.78 is 5.46. The van der Waals surface area contributed by atoms with Gasteiger partial charge in [-0.2, -0.15) is 0 Å². The summed E-state index contributed by atoms with van der Waals surface area (Å²) in [6.45, 7) is 3.17. The van der Waals surface area contributed by atoms with Crippen LogP contribution < -0.4 is 10.2 Å². The largest absolute Gasteiger partial charge is 0.378 e. The molecule has 0 spiro atoms. The molecular weight excluding hydrogens is 440 g/mol. The second kappa shape index (κ2) is 8.06. The van der Waals surface area contributed by atoms with Gasteiger partial charge in [-0.15, -0.1) is 0 Å². The maximum atomic E-state index is 12.8. The summed E-state index contributed by atoms with van der Waals surface area (Å²) >= 11 is 6.55. The smallest absolute Gasteiger partial charge is 0.238 e. The Hall–Kier alpha value is -3.62. The molecule has 2 aliphatic heterocycles. The van der Waals surface area contributed by atoms with Gasteiger partial charge >= 0.3 is 0 Å². The van der Waals surface area contributed by atoms with Crippen molar-refractivity contribution in [3.8, 4) is 11.3 Å². The zero-order chi connectivity index (χ0) is 22.4. The summed E-state index contributed by atoms with van der Waals surface area (Å²) in [5.41, 5.74) is 5.53. The maximum Gasteiger partial charge on any atom is 0.238 e. The van der Waals surface area contributed by atoms with Gasteiger partial charge in [-0.25, -0.2) is 19.9 Å². The van der Waals surface area contributed by atoms with E-state index in [0.29, 0.717) is 22.0 Å². The Labute approximate surface area is 194 Å². The van der Waals surface area contributed by atoms with Gasteiger partial charge in [-0.3, -0.25) is 4.79 Å². The summed E-state index contributed by atoms with van der Waals surface area (Å²) in [6, 6.07) is 11.9. The zero-order valence-corrected chi connectivity index (χ0v) is 18.3. The van der Waals surface area contributed by atoms with Crippen LogP contribution in [0.1, 0.15) is 17.2 Å². The van der Waals surface area contributed by atoms with Crippen molar-refractivity contribution < 1.29 is 9.53 Å². The number of aromatic nitrogens is 4. The average Bonchev–Trinajstić information content (AvgIpc) is 3.20. The first-order valence-corrected chi connectivity index (χ1v) is 11.0. The number of rotatable bonds is 3. The molecule has 4 heterocycles. The van der Waals surface area contributed by atoms with Crippen LogP contribution >= 0.6 is 11.6 Å². The molecule has 2 aromatic heterocycles. The summed E-state index contributed by atoms with van der Waals surface area (Å²) in [7, 11) is 0. The Balaban J connectivity index is 1.43. The lowest BCUT2D eigenvalue weighted by atomic mass is 9.93. The quantitative estimate of drug-likeness (QED) is 0.500. The molecule has 33 heavy (non-hydrogen) atoms. The van der Waals surface area contributed by atoms with Gasteiger partial charge in [-0.05, 0) is 35.9 Å². The molecule has 0 bridgehead atoms. The summed E-state index contributed by atoms with van der Waals surface area (Å²) in [6.07, 6.45) is 4.61. The van der Waals surface area contributed by atoms with Gasteiger partial charge in [0, 0.05) is 34.7 Å². The van der Waals surface area contributed by atoms with Crippen molar-refractivity contribution >= 4 is 39.8 Å². The Morgan fingerprint density at radius 3 is 2.79 bits per heavy atom.